The van der Waals surface area contributed by atoms with Crippen molar-refractivity contribution >= 4 is 5.97 Å². The second-order valence-electron chi connectivity index (χ2n) is 6.39. The van der Waals surface area contributed by atoms with Crippen molar-refractivity contribution in [2.75, 3.05) is 0 Å². The summed E-state index contributed by atoms with van der Waals surface area (Å²) in [7, 11) is 0. The zero-order valence-electron chi connectivity index (χ0n) is 11.8. The van der Waals surface area contributed by atoms with Gasteiger partial charge in [0.1, 0.15) is 0 Å². The van der Waals surface area contributed by atoms with Gasteiger partial charge in [-0.15, -0.1) is 0 Å². The van der Waals surface area contributed by atoms with Crippen molar-refractivity contribution in [3.63, 3.8) is 0 Å². The molecule has 1 fully saturated rings. The van der Waals surface area contributed by atoms with Crippen molar-refractivity contribution in [3.05, 3.63) is 0 Å². The molecule has 0 heterocycles. The fourth-order valence-corrected chi connectivity index (χ4v) is 3.18. The van der Waals surface area contributed by atoms with E-state index in [0.29, 0.717) is 11.8 Å². The maximum Gasteiger partial charge on any atom is 0.338 e. The number of rotatable bonds is 4. The molecule has 0 saturated heterocycles. The van der Waals surface area contributed by atoms with E-state index in [1.165, 1.54) is 6.92 Å². The van der Waals surface area contributed by atoms with Crippen molar-refractivity contribution in [1.29, 1.82) is 0 Å². The van der Waals surface area contributed by atoms with Gasteiger partial charge in [-0.05, 0) is 43.4 Å². The Morgan fingerprint density at radius 1 is 1.28 bits per heavy atom. The van der Waals surface area contributed by atoms with Crippen LogP contribution in [0.1, 0.15) is 47.0 Å². The van der Waals surface area contributed by atoms with Crippen molar-refractivity contribution in [3.8, 4) is 0 Å². The third kappa shape index (κ3) is 3.04. The van der Waals surface area contributed by atoms with E-state index in [4.69, 9.17) is 5.11 Å². The Labute approximate surface area is 109 Å². The number of aliphatic carboxylic acids is 1. The van der Waals surface area contributed by atoms with Gasteiger partial charge in [-0.25, -0.2) is 4.79 Å². The van der Waals surface area contributed by atoms with Gasteiger partial charge in [-0.1, -0.05) is 27.2 Å². The summed E-state index contributed by atoms with van der Waals surface area (Å²) in [5.41, 5.74) is -2.06. The van der Waals surface area contributed by atoms with Gasteiger partial charge in [0.25, 0.3) is 0 Å². The first kappa shape index (κ1) is 15.4. The largest absolute Gasteiger partial charge is 0.479 e. The molecule has 0 aliphatic heterocycles. The Bertz CT molecular complexity index is 298. The van der Waals surface area contributed by atoms with E-state index >= 15 is 0 Å². The first-order valence-corrected chi connectivity index (χ1v) is 6.81. The minimum atomic E-state index is -2.06. The fraction of sp³-hybridized carbons (Fsp3) is 0.929. The molecule has 1 rings (SSSR count). The highest BCUT2D eigenvalue weighted by Crippen LogP contribution is 2.41. The highest BCUT2D eigenvalue weighted by Gasteiger charge is 2.47. The molecule has 106 valence electrons. The summed E-state index contributed by atoms with van der Waals surface area (Å²) < 4.78 is 0. The van der Waals surface area contributed by atoms with Gasteiger partial charge in [0.2, 0.25) is 0 Å². The molecule has 0 amide bonds. The Balaban J connectivity index is 2.91. The van der Waals surface area contributed by atoms with Crippen LogP contribution in [0, 0.1) is 23.7 Å². The lowest BCUT2D eigenvalue weighted by atomic mass is 9.65. The highest BCUT2D eigenvalue weighted by atomic mass is 16.4. The molecule has 0 bridgehead atoms. The van der Waals surface area contributed by atoms with E-state index in [2.05, 4.69) is 20.8 Å². The molecule has 18 heavy (non-hydrogen) atoms. The molecule has 3 N–H and O–H groups in total. The van der Waals surface area contributed by atoms with Crippen molar-refractivity contribution < 1.29 is 20.1 Å². The molecule has 2 unspecified atom stereocenters. The Hall–Kier alpha value is -0.610. The van der Waals surface area contributed by atoms with E-state index in [-0.39, 0.29) is 11.8 Å². The number of carboxylic acid groups (broad SMARTS) is 1. The smallest absolute Gasteiger partial charge is 0.338 e. The van der Waals surface area contributed by atoms with Crippen LogP contribution >= 0.6 is 0 Å². The highest BCUT2D eigenvalue weighted by molar-refractivity contribution is 5.77. The Morgan fingerprint density at radius 3 is 2.28 bits per heavy atom. The van der Waals surface area contributed by atoms with Crippen molar-refractivity contribution in [2.24, 2.45) is 23.7 Å². The predicted molar refractivity (Wildman–Crippen MR) is 69.1 cm³/mol. The quantitative estimate of drug-likeness (QED) is 0.719. The molecule has 4 nitrogen and oxygen atoms in total. The number of aliphatic hydroxyl groups is 2. The maximum atomic E-state index is 11.1. The predicted octanol–water partition coefficient (Wildman–Crippen LogP) is 1.89. The fourth-order valence-electron chi connectivity index (χ4n) is 3.18. The minimum Gasteiger partial charge on any atom is -0.479 e. The minimum absolute atomic E-state index is 0.139. The van der Waals surface area contributed by atoms with Gasteiger partial charge < -0.3 is 15.3 Å². The molecule has 1 aliphatic carbocycles. The van der Waals surface area contributed by atoms with E-state index in [0.717, 1.165) is 19.3 Å². The van der Waals surface area contributed by atoms with Gasteiger partial charge in [-0.3, -0.25) is 0 Å². The lowest BCUT2D eigenvalue weighted by Gasteiger charge is -2.42. The molecule has 4 heteroatoms. The summed E-state index contributed by atoms with van der Waals surface area (Å²) in [6.07, 6.45) is 1.69. The van der Waals surface area contributed by atoms with E-state index in [1.54, 1.807) is 0 Å². The summed E-state index contributed by atoms with van der Waals surface area (Å²) in [6.45, 7) is 7.49. The van der Waals surface area contributed by atoms with Crippen LogP contribution in [-0.2, 0) is 4.79 Å². The summed E-state index contributed by atoms with van der Waals surface area (Å²) >= 11 is 0. The SMILES string of the molecule is CC(C)C1CC[C@@H](C)C[C@H]1C(O)[C@](C)(O)C(=O)O. The molecule has 0 radical (unpaired) electrons. The molecule has 0 spiro atoms. The van der Waals surface area contributed by atoms with E-state index < -0.39 is 17.7 Å². The molecule has 0 aromatic carbocycles. The van der Waals surface area contributed by atoms with Crippen LogP contribution in [0.25, 0.3) is 0 Å². The number of aliphatic hydroxyl groups excluding tert-OH is 1. The summed E-state index contributed by atoms with van der Waals surface area (Å²) in [5.74, 6) is -0.344. The van der Waals surface area contributed by atoms with E-state index in [1.807, 2.05) is 0 Å². The molecule has 0 aromatic rings. The van der Waals surface area contributed by atoms with Gasteiger partial charge >= 0.3 is 5.97 Å². The third-order valence-electron chi connectivity index (χ3n) is 4.49. The first-order valence-electron chi connectivity index (χ1n) is 6.81. The maximum absolute atomic E-state index is 11.1. The van der Waals surface area contributed by atoms with Crippen molar-refractivity contribution in [2.45, 2.75) is 58.7 Å². The third-order valence-corrected chi connectivity index (χ3v) is 4.49. The molecule has 5 atom stereocenters. The molecule has 1 aliphatic rings. The topological polar surface area (TPSA) is 77.8 Å². The van der Waals surface area contributed by atoms with Crippen LogP contribution in [0.15, 0.2) is 0 Å². The molecular formula is C14H26O4. The Morgan fingerprint density at radius 2 is 1.83 bits per heavy atom. The van der Waals surface area contributed by atoms with E-state index in [9.17, 15) is 15.0 Å². The first-order chi connectivity index (χ1) is 8.17. The molecule has 0 aromatic heterocycles. The van der Waals surface area contributed by atoms with Crippen LogP contribution in [0.2, 0.25) is 0 Å². The average Bonchev–Trinajstić information content (AvgIpc) is 2.27. The Kier molecular flexibility index (Phi) is 4.78. The number of carbonyl (C=O) groups is 1. The molecular weight excluding hydrogens is 232 g/mol. The second-order valence-corrected chi connectivity index (χ2v) is 6.39. The number of hydrogen-bond acceptors (Lipinski definition) is 3. The second kappa shape index (κ2) is 5.57. The van der Waals surface area contributed by atoms with Gasteiger partial charge in [0, 0.05) is 0 Å². The lowest BCUT2D eigenvalue weighted by Crippen LogP contribution is -2.53. The zero-order valence-corrected chi connectivity index (χ0v) is 11.8. The average molecular weight is 258 g/mol. The van der Waals surface area contributed by atoms with Gasteiger partial charge in [0.05, 0.1) is 6.10 Å². The monoisotopic (exact) mass is 258 g/mol. The van der Waals surface area contributed by atoms with Crippen LogP contribution in [0.4, 0.5) is 0 Å². The summed E-state index contributed by atoms with van der Waals surface area (Å²) in [4.78, 5) is 11.1. The van der Waals surface area contributed by atoms with Crippen LogP contribution < -0.4 is 0 Å². The number of hydrogen-bond donors (Lipinski definition) is 3. The van der Waals surface area contributed by atoms with Gasteiger partial charge in [0.15, 0.2) is 5.60 Å². The summed E-state index contributed by atoms with van der Waals surface area (Å²) in [5, 5.41) is 29.3. The number of carboxylic acids is 1. The zero-order chi connectivity index (χ0) is 14.1. The molecule has 1 saturated carbocycles. The van der Waals surface area contributed by atoms with Crippen molar-refractivity contribution in [1.82, 2.24) is 0 Å². The normalized spacial score (nSPS) is 34.1. The van der Waals surface area contributed by atoms with Crippen LogP contribution in [0.3, 0.4) is 0 Å². The van der Waals surface area contributed by atoms with Crippen LogP contribution in [0.5, 0.6) is 0 Å². The standard InChI is InChI=1S/C14H26O4/c1-8(2)10-6-5-9(3)7-11(10)12(15)14(4,18)13(16)17/h8-12,15,18H,5-7H2,1-4H3,(H,16,17)/t9-,10?,11-,12?,14+/m1/s1. The van der Waals surface area contributed by atoms with Gasteiger partial charge in [-0.2, -0.15) is 0 Å². The lowest BCUT2D eigenvalue weighted by molar-refractivity contribution is -0.177. The summed E-state index contributed by atoms with van der Waals surface area (Å²) in [6, 6.07) is 0. The van der Waals surface area contributed by atoms with Crippen LogP contribution in [-0.4, -0.2) is 33.0 Å².